The molecule has 0 unspecified atom stereocenters. The standard InChI is InChI=1S/C11H10FNO2/c1-6-7-4-3-5-8(12)10(7)13-9(6)11(14)15-2/h3-5,13H,1-2H3. The zero-order valence-electron chi connectivity index (χ0n) is 8.43. The number of para-hydroxylation sites is 1. The van der Waals surface area contributed by atoms with Gasteiger partial charge < -0.3 is 9.72 Å². The Bertz CT molecular complexity index is 531. The van der Waals surface area contributed by atoms with Crippen LogP contribution in [0, 0.1) is 12.7 Å². The van der Waals surface area contributed by atoms with Gasteiger partial charge in [-0.2, -0.15) is 0 Å². The zero-order valence-corrected chi connectivity index (χ0v) is 8.43. The molecule has 0 radical (unpaired) electrons. The average Bonchev–Trinajstić information content (AvgIpc) is 2.57. The van der Waals surface area contributed by atoms with Gasteiger partial charge in [0.05, 0.1) is 12.6 Å². The lowest BCUT2D eigenvalue weighted by atomic mass is 10.1. The van der Waals surface area contributed by atoms with Crippen LogP contribution < -0.4 is 0 Å². The Morgan fingerprint density at radius 2 is 2.20 bits per heavy atom. The summed E-state index contributed by atoms with van der Waals surface area (Å²) in [5, 5.41) is 0.704. The minimum atomic E-state index is -0.483. The van der Waals surface area contributed by atoms with E-state index in [-0.39, 0.29) is 5.82 Å². The Labute approximate surface area is 85.9 Å². The van der Waals surface area contributed by atoms with Crippen LogP contribution in [-0.4, -0.2) is 18.1 Å². The fraction of sp³-hybridized carbons (Fsp3) is 0.182. The summed E-state index contributed by atoms with van der Waals surface area (Å²) in [4.78, 5) is 14.1. The van der Waals surface area contributed by atoms with E-state index in [0.717, 1.165) is 0 Å². The van der Waals surface area contributed by atoms with Crippen molar-refractivity contribution in [3.63, 3.8) is 0 Å². The third-order valence-electron chi connectivity index (χ3n) is 2.43. The maximum atomic E-state index is 13.4. The van der Waals surface area contributed by atoms with E-state index in [2.05, 4.69) is 9.72 Å². The molecule has 15 heavy (non-hydrogen) atoms. The molecule has 78 valence electrons. The first-order valence-electron chi connectivity index (χ1n) is 4.50. The Morgan fingerprint density at radius 3 is 2.80 bits per heavy atom. The van der Waals surface area contributed by atoms with Crippen LogP contribution in [0.25, 0.3) is 10.9 Å². The number of carbonyl (C=O) groups excluding carboxylic acids is 1. The first-order chi connectivity index (χ1) is 7.15. The Hall–Kier alpha value is -1.84. The predicted molar refractivity (Wildman–Crippen MR) is 54.3 cm³/mol. The number of aromatic nitrogens is 1. The summed E-state index contributed by atoms with van der Waals surface area (Å²) >= 11 is 0. The summed E-state index contributed by atoms with van der Waals surface area (Å²) in [6.07, 6.45) is 0. The van der Waals surface area contributed by atoms with Crippen molar-refractivity contribution in [2.45, 2.75) is 6.92 Å². The lowest BCUT2D eigenvalue weighted by Gasteiger charge is -1.95. The molecule has 1 aromatic carbocycles. The molecule has 0 aliphatic heterocycles. The number of ether oxygens (including phenoxy) is 1. The number of methoxy groups -OCH3 is 1. The molecule has 0 bridgehead atoms. The van der Waals surface area contributed by atoms with Crippen molar-refractivity contribution < 1.29 is 13.9 Å². The Balaban J connectivity index is 2.75. The Kier molecular flexibility index (Phi) is 2.19. The first kappa shape index (κ1) is 9.71. The van der Waals surface area contributed by atoms with Gasteiger partial charge in [-0.15, -0.1) is 0 Å². The molecule has 0 saturated heterocycles. The highest BCUT2D eigenvalue weighted by Crippen LogP contribution is 2.23. The van der Waals surface area contributed by atoms with Crippen LogP contribution in [0.15, 0.2) is 18.2 Å². The largest absolute Gasteiger partial charge is 0.464 e. The van der Waals surface area contributed by atoms with E-state index in [0.29, 0.717) is 22.2 Å². The van der Waals surface area contributed by atoms with Gasteiger partial charge in [0, 0.05) is 5.39 Å². The van der Waals surface area contributed by atoms with Gasteiger partial charge in [0.15, 0.2) is 0 Å². The van der Waals surface area contributed by atoms with Gasteiger partial charge in [0.1, 0.15) is 11.5 Å². The third-order valence-corrected chi connectivity index (χ3v) is 2.43. The minimum absolute atomic E-state index is 0.303. The molecule has 0 atom stereocenters. The number of benzene rings is 1. The molecule has 2 aromatic rings. The number of hydrogen-bond donors (Lipinski definition) is 1. The SMILES string of the molecule is COC(=O)c1[nH]c2c(F)cccc2c1C. The number of aromatic amines is 1. The van der Waals surface area contributed by atoms with Gasteiger partial charge >= 0.3 is 5.97 Å². The second-order valence-corrected chi connectivity index (χ2v) is 3.28. The van der Waals surface area contributed by atoms with E-state index in [1.54, 1.807) is 19.1 Å². The molecular weight excluding hydrogens is 197 g/mol. The van der Waals surface area contributed by atoms with E-state index in [1.807, 2.05) is 0 Å². The van der Waals surface area contributed by atoms with E-state index < -0.39 is 5.97 Å². The fourth-order valence-corrected chi connectivity index (χ4v) is 1.62. The molecule has 4 heteroatoms. The quantitative estimate of drug-likeness (QED) is 0.729. The first-order valence-corrected chi connectivity index (χ1v) is 4.50. The number of halogens is 1. The summed E-state index contributed by atoms with van der Waals surface area (Å²) in [5.74, 6) is -0.853. The topological polar surface area (TPSA) is 42.1 Å². The number of H-pyrrole nitrogens is 1. The number of rotatable bonds is 1. The molecule has 1 aromatic heterocycles. The maximum Gasteiger partial charge on any atom is 0.354 e. The third kappa shape index (κ3) is 1.38. The number of hydrogen-bond acceptors (Lipinski definition) is 2. The van der Waals surface area contributed by atoms with Crippen molar-refractivity contribution in [3.05, 3.63) is 35.3 Å². The summed E-state index contributed by atoms with van der Waals surface area (Å²) in [6, 6.07) is 4.72. The van der Waals surface area contributed by atoms with Gasteiger partial charge in [0.25, 0.3) is 0 Å². The van der Waals surface area contributed by atoms with Gasteiger partial charge in [-0.05, 0) is 18.6 Å². The van der Waals surface area contributed by atoms with Crippen LogP contribution in [-0.2, 0) is 4.74 Å². The van der Waals surface area contributed by atoms with Gasteiger partial charge in [0.2, 0.25) is 0 Å². The number of fused-ring (bicyclic) bond motifs is 1. The monoisotopic (exact) mass is 207 g/mol. The van der Waals surface area contributed by atoms with Crippen LogP contribution in [0.2, 0.25) is 0 Å². The second kappa shape index (κ2) is 3.38. The molecular formula is C11H10FNO2. The maximum absolute atomic E-state index is 13.4. The van der Waals surface area contributed by atoms with Crippen molar-refractivity contribution in [2.24, 2.45) is 0 Å². The summed E-state index contributed by atoms with van der Waals surface area (Å²) in [5.41, 5.74) is 1.35. The molecule has 0 saturated carbocycles. The van der Waals surface area contributed by atoms with Gasteiger partial charge in [-0.25, -0.2) is 9.18 Å². The number of nitrogens with one attached hydrogen (secondary N) is 1. The van der Waals surface area contributed by atoms with Crippen molar-refractivity contribution in [1.29, 1.82) is 0 Å². The smallest absolute Gasteiger partial charge is 0.354 e. The summed E-state index contributed by atoms with van der Waals surface area (Å²) in [6.45, 7) is 1.75. The molecule has 2 rings (SSSR count). The average molecular weight is 207 g/mol. The summed E-state index contributed by atoms with van der Waals surface area (Å²) < 4.78 is 18.0. The number of aryl methyl sites for hydroxylation is 1. The molecule has 0 aliphatic carbocycles. The predicted octanol–water partition coefficient (Wildman–Crippen LogP) is 2.40. The fourth-order valence-electron chi connectivity index (χ4n) is 1.62. The highest BCUT2D eigenvalue weighted by atomic mass is 19.1. The lowest BCUT2D eigenvalue weighted by molar-refractivity contribution is 0.0594. The summed E-state index contributed by atoms with van der Waals surface area (Å²) in [7, 11) is 1.30. The van der Waals surface area contributed by atoms with E-state index in [1.165, 1.54) is 13.2 Å². The highest BCUT2D eigenvalue weighted by Gasteiger charge is 2.16. The molecule has 0 fully saturated rings. The van der Waals surface area contributed by atoms with Crippen molar-refractivity contribution >= 4 is 16.9 Å². The molecule has 1 heterocycles. The van der Waals surface area contributed by atoms with Gasteiger partial charge in [-0.1, -0.05) is 12.1 Å². The molecule has 0 aliphatic rings. The molecule has 0 amide bonds. The molecule has 0 spiro atoms. The normalized spacial score (nSPS) is 10.6. The lowest BCUT2D eigenvalue weighted by Crippen LogP contribution is -2.03. The van der Waals surface area contributed by atoms with Crippen molar-refractivity contribution in [1.82, 2.24) is 4.98 Å². The van der Waals surface area contributed by atoms with Crippen LogP contribution in [0.1, 0.15) is 16.1 Å². The van der Waals surface area contributed by atoms with E-state index >= 15 is 0 Å². The second-order valence-electron chi connectivity index (χ2n) is 3.28. The van der Waals surface area contributed by atoms with Crippen LogP contribution in [0.3, 0.4) is 0 Å². The number of esters is 1. The van der Waals surface area contributed by atoms with Crippen molar-refractivity contribution in [2.75, 3.05) is 7.11 Å². The zero-order chi connectivity index (χ0) is 11.0. The number of carbonyl (C=O) groups is 1. The molecule has 1 N–H and O–H groups in total. The van der Waals surface area contributed by atoms with Crippen molar-refractivity contribution in [3.8, 4) is 0 Å². The van der Waals surface area contributed by atoms with Crippen LogP contribution >= 0.6 is 0 Å². The van der Waals surface area contributed by atoms with Crippen LogP contribution in [0.5, 0.6) is 0 Å². The Morgan fingerprint density at radius 1 is 1.47 bits per heavy atom. The highest BCUT2D eigenvalue weighted by molar-refractivity contribution is 5.98. The molecule has 3 nitrogen and oxygen atoms in total. The van der Waals surface area contributed by atoms with E-state index in [9.17, 15) is 9.18 Å². The van der Waals surface area contributed by atoms with Gasteiger partial charge in [-0.3, -0.25) is 0 Å². The minimum Gasteiger partial charge on any atom is -0.464 e. The van der Waals surface area contributed by atoms with Crippen LogP contribution in [0.4, 0.5) is 4.39 Å². The van der Waals surface area contributed by atoms with E-state index in [4.69, 9.17) is 0 Å².